The molecule has 0 aromatic carbocycles. The van der Waals surface area contributed by atoms with Gasteiger partial charge >= 0.3 is 0 Å². The van der Waals surface area contributed by atoms with E-state index in [2.05, 4.69) is 5.32 Å². The number of nitrogens with one attached hydrogen (secondary N) is 2. The zero-order chi connectivity index (χ0) is 10.6. The Morgan fingerprint density at radius 2 is 1.93 bits per heavy atom. The number of carbonyl (C=O) groups excluding carboxylic acids is 2. The Kier molecular flexibility index (Phi) is 3.88. The Bertz CT molecular complexity index is 224. The monoisotopic (exact) mass is 194 g/mol. The first-order valence-electron chi connectivity index (χ1n) is 4.18. The van der Waals surface area contributed by atoms with Crippen LogP contribution in [0.15, 0.2) is 0 Å². The van der Waals surface area contributed by atoms with Gasteiger partial charge in [0.15, 0.2) is 0 Å². The van der Waals surface area contributed by atoms with Gasteiger partial charge in [0.25, 0.3) is 5.91 Å². The van der Waals surface area contributed by atoms with Gasteiger partial charge in [-0.3, -0.25) is 15.0 Å². The van der Waals surface area contributed by atoms with Gasteiger partial charge < -0.3 is 5.32 Å². The summed E-state index contributed by atoms with van der Waals surface area (Å²) in [6.07, 6.45) is 6.84. The molecule has 0 aromatic rings. The van der Waals surface area contributed by atoms with Gasteiger partial charge in [-0.15, -0.1) is 0 Å². The molecule has 5 heteroatoms. The molecule has 0 saturated heterocycles. The lowest BCUT2D eigenvalue weighted by atomic mass is 10.1. The minimum absolute atomic E-state index is 0.286. The highest BCUT2D eigenvalue weighted by Crippen LogP contribution is 2.22. The summed E-state index contributed by atoms with van der Waals surface area (Å²) in [5.74, 6) is 4.73. The van der Waals surface area contributed by atoms with Gasteiger partial charge in [-0.05, 0) is 32.6 Å². The van der Waals surface area contributed by atoms with Crippen LogP contribution in [0.5, 0.6) is 0 Å². The van der Waals surface area contributed by atoms with Crippen LogP contribution in [-0.2, 0) is 9.59 Å². The normalized spacial score (nSPS) is 19.0. The van der Waals surface area contributed by atoms with E-state index >= 15 is 0 Å². The van der Waals surface area contributed by atoms with E-state index in [0.717, 1.165) is 0 Å². The Labute approximate surface area is 83.4 Å². The maximum Gasteiger partial charge on any atom is 0.256 e. The quantitative estimate of drug-likeness (QED) is 0.302. The number of nitrogens with two attached hydrogens (primary N) is 1. The van der Waals surface area contributed by atoms with Gasteiger partial charge in [0, 0.05) is 0 Å². The number of carbonyl (C=O) groups is 2. The number of hydrazine groups is 1. The van der Waals surface area contributed by atoms with Gasteiger partial charge in [0.05, 0.1) is 5.92 Å². The van der Waals surface area contributed by atoms with Crippen molar-refractivity contribution < 1.29 is 9.59 Å². The summed E-state index contributed by atoms with van der Waals surface area (Å²) in [4.78, 5) is 22.4. The van der Waals surface area contributed by atoms with Crippen LogP contribution in [0.2, 0.25) is 0 Å². The van der Waals surface area contributed by atoms with Crippen molar-refractivity contribution in [3.63, 3.8) is 0 Å². The molecule has 0 spiro atoms. The van der Waals surface area contributed by atoms with E-state index in [1.165, 1.54) is 0 Å². The summed E-state index contributed by atoms with van der Waals surface area (Å²) in [6.45, 7) is 1.56. The van der Waals surface area contributed by atoms with E-state index in [-0.39, 0.29) is 5.91 Å². The SMILES string of the molecule is C[C@H](NC(=O)[C]1[CH][CH][CH][CH]1)C(=O)NN. The van der Waals surface area contributed by atoms with Gasteiger partial charge in [-0.1, -0.05) is 0 Å². The lowest BCUT2D eigenvalue weighted by molar-refractivity contribution is -0.127. The molecule has 0 aliphatic heterocycles. The van der Waals surface area contributed by atoms with E-state index in [4.69, 9.17) is 5.84 Å². The molecule has 5 nitrogen and oxygen atoms in total. The first kappa shape index (κ1) is 11.0. The fourth-order valence-electron chi connectivity index (χ4n) is 0.996. The smallest absolute Gasteiger partial charge is 0.256 e. The van der Waals surface area contributed by atoms with E-state index in [1.807, 2.05) is 5.43 Å². The molecular formula is C9H12N3O2. The third-order valence-corrected chi connectivity index (χ3v) is 1.81. The van der Waals surface area contributed by atoms with Crippen LogP contribution in [0.3, 0.4) is 0 Å². The Morgan fingerprint density at radius 1 is 1.36 bits per heavy atom. The molecule has 2 amide bonds. The maximum absolute atomic E-state index is 11.4. The predicted molar refractivity (Wildman–Crippen MR) is 50.4 cm³/mol. The molecule has 1 aliphatic rings. The lowest BCUT2D eigenvalue weighted by Gasteiger charge is -2.14. The van der Waals surface area contributed by atoms with Crippen molar-refractivity contribution in [1.82, 2.24) is 10.7 Å². The molecule has 4 N–H and O–H groups in total. The van der Waals surface area contributed by atoms with Gasteiger partial charge in [0.1, 0.15) is 6.04 Å². The molecule has 5 radical (unpaired) electrons. The summed E-state index contributed by atoms with van der Waals surface area (Å²) < 4.78 is 0. The molecule has 1 aliphatic carbocycles. The molecular weight excluding hydrogens is 182 g/mol. The van der Waals surface area contributed by atoms with Crippen LogP contribution in [0.25, 0.3) is 0 Å². The highest BCUT2D eigenvalue weighted by molar-refractivity contribution is 5.98. The van der Waals surface area contributed by atoms with Crippen molar-refractivity contribution in [1.29, 1.82) is 0 Å². The second-order valence-corrected chi connectivity index (χ2v) is 2.88. The molecule has 1 saturated carbocycles. The minimum Gasteiger partial charge on any atom is -0.344 e. The second kappa shape index (κ2) is 4.95. The number of hydrogen-bond acceptors (Lipinski definition) is 3. The van der Waals surface area contributed by atoms with Crippen molar-refractivity contribution in [2.75, 3.05) is 0 Å². The standard InChI is InChI=1S/C9H12N3O2/c1-6(8(13)12-10)11-9(14)7-4-2-3-5-7/h2-6H,10H2,1H3,(H,11,14)(H,12,13)/t6-/m0/s1. The van der Waals surface area contributed by atoms with Crippen LogP contribution in [0, 0.1) is 31.6 Å². The zero-order valence-electron chi connectivity index (χ0n) is 7.78. The first-order valence-corrected chi connectivity index (χ1v) is 4.18. The molecule has 1 rings (SSSR count). The topological polar surface area (TPSA) is 84.2 Å². The molecule has 0 heterocycles. The molecule has 0 bridgehead atoms. The first-order chi connectivity index (χ1) is 6.65. The Hall–Kier alpha value is -1.10. The third kappa shape index (κ3) is 2.70. The van der Waals surface area contributed by atoms with Crippen molar-refractivity contribution in [3.05, 3.63) is 31.6 Å². The van der Waals surface area contributed by atoms with E-state index in [1.54, 1.807) is 32.6 Å². The molecule has 0 unspecified atom stereocenters. The number of amides is 2. The molecule has 0 aromatic heterocycles. The van der Waals surface area contributed by atoms with Crippen LogP contribution in [0.1, 0.15) is 6.92 Å². The van der Waals surface area contributed by atoms with Crippen LogP contribution < -0.4 is 16.6 Å². The van der Waals surface area contributed by atoms with Crippen molar-refractivity contribution in [2.45, 2.75) is 13.0 Å². The molecule has 75 valence electrons. The van der Waals surface area contributed by atoms with Gasteiger partial charge in [0.2, 0.25) is 5.91 Å². The third-order valence-electron chi connectivity index (χ3n) is 1.81. The van der Waals surface area contributed by atoms with Crippen LogP contribution in [0.4, 0.5) is 0 Å². The number of hydrogen-bond donors (Lipinski definition) is 3. The highest BCUT2D eigenvalue weighted by Gasteiger charge is 2.26. The lowest BCUT2D eigenvalue weighted by Crippen LogP contribution is -2.48. The zero-order valence-corrected chi connectivity index (χ0v) is 7.78. The molecule has 1 fully saturated rings. The average Bonchev–Trinajstić information content (AvgIpc) is 2.69. The van der Waals surface area contributed by atoms with Gasteiger partial charge in [-0.2, -0.15) is 0 Å². The second-order valence-electron chi connectivity index (χ2n) is 2.88. The van der Waals surface area contributed by atoms with Crippen molar-refractivity contribution in [3.8, 4) is 0 Å². The predicted octanol–water partition coefficient (Wildman–Crippen LogP) is -1.11. The summed E-state index contributed by atoms with van der Waals surface area (Å²) in [5.41, 5.74) is 1.96. The Balaban J connectivity index is 2.35. The summed E-state index contributed by atoms with van der Waals surface area (Å²) in [7, 11) is 0. The summed E-state index contributed by atoms with van der Waals surface area (Å²) >= 11 is 0. The van der Waals surface area contributed by atoms with Crippen LogP contribution >= 0.6 is 0 Å². The largest absolute Gasteiger partial charge is 0.344 e. The Morgan fingerprint density at radius 3 is 2.43 bits per heavy atom. The number of rotatable bonds is 3. The minimum atomic E-state index is -0.637. The average molecular weight is 194 g/mol. The van der Waals surface area contributed by atoms with E-state index < -0.39 is 11.9 Å². The summed E-state index contributed by atoms with van der Waals surface area (Å²) in [5, 5.41) is 2.50. The van der Waals surface area contributed by atoms with Crippen LogP contribution in [-0.4, -0.2) is 17.9 Å². The molecule has 14 heavy (non-hydrogen) atoms. The fourth-order valence-corrected chi connectivity index (χ4v) is 0.996. The van der Waals surface area contributed by atoms with Crippen molar-refractivity contribution in [2.24, 2.45) is 5.84 Å². The maximum atomic E-state index is 11.4. The van der Waals surface area contributed by atoms with E-state index in [9.17, 15) is 9.59 Å². The van der Waals surface area contributed by atoms with Gasteiger partial charge in [-0.25, -0.2) is 5.84 Å². The summed E-state index contributed by atoms with van der Waals surface area (Å²) in [6, 6.07) is -0.637. The molecule has 1 atom stereocenters. The van der Waals surface area contributed by atoms with E-state index in [0.29, 0.717) is 5.92 Å². The fraction of sp³-hybridized carbons (Fsp3) is 0.222. The van der Waals surface area contributed by atoms with Crippen molar-refractivity contribution >= 4 is 11.8 Å². The highest BCUT2D eigenvalue weighted by atomic mass is 16.2.